The Morgan fingerprint density at radius 1 is 1.54 bits per heavy atom. The van der Waals surface area contributed by atoms with E-state index in [1.807, 2.05) is 0 Å². The summed E-state index contributed by atoms with van der Waals surface area (Å²) in [4.78, 5) is 10.9. The van der Waals surface area contributed by atoms with Crippen LogP contribution >= 0.6 is 0 Å². The van der Waals surface area contributed by atoms with E-state index in [4.69, 9.17) is 9.84 Å². The Labute approximate surface area is 77.5 Å². The van der Waals surface area contributed by atoms with E-state index in [0.29, 0.717) is 13.0 Å². The third-order valence-corrected chi connectivity index (χ3v) is 2.54. The first-order chi connectivity index (χ1) is 5.97. The summed E-state index contributed by atoms with van der Waals surface area (Å²) in [5, 5.41) is 18.9. The maximum Gasteiger partial charge on any atom is 0.309 e. The van der Waals surface area contributed by atoms with Crippen molar-refractivity contribution in [1.82, 2.24) is 0 Å². The van der Waals surface area contributed by atoms with Crippen LogP contribution in [0.2, 0.25) is 0 Å². The lowest BCUT2D eigenvalue weighted by Crippen LogP contribution is -2.45. The van der Waals surface area contributed by atoms with Crippen LogP contribution in [0, 0.1) is 11.8 Å². The molecule has 0 aliphatic carbocycles. The molecule has 0 saturated carbocycles. The minimum absolute atomic E-state index is 0.0794. The van der Waals surface area contributed by atoms with Crippen LogP contribution in [-0.4, -0.2) is 35.0 Å². The topological polar surface area (TPSA) is 66.8 Å². The number of ether oxygens (including phenoxy) is 1. The molecule has 2 unspecified atom stereocenters. The molecule has 0 aromatic heterocycles. The number of carboxylic acids is 1. The maximum absolute atomic E-state index is 10.9. The molecule has 0 radical (unpaired) electrons. The van der Waals surface area contributed by atoms with Gasteiger partial charge in [0.25, 0.3) is 0 Å². The highest BCUT2D eigenvalue weighted by Crippen LogP contribution is 2.32. The molecule has 0 spiro atoms. The lowest BCUT2D eigenvalue weighted by molar-refractivity contribution is -0.155. The molecule has 4 heteroatoms. The smallest absolute Gasteiger partial charge is 0.309 e. The Morgan fingerprint density at radius 2 is 2.15 bits per heavy atom. The van der Waals surface area contributed by atoms with Crippen LogP contribution in [0.1, 0.15) is 20.3 Å². The Bertz CT molecular complexity index is 194. The van der Waals surface area contributed by atoms with Gasteiger partial charge >= 0.3 is 5.97 Å². The van der Waals surface area contributed by atoms with Crippen LogP contribution < -0.4 is 0 Å². The molecule has 1 saturated heterocycles. The number of aliphatic carboxylic acids is 1. The molecule has 0 aromatic carbocycles. The van der Waals surface area contributed by atoms with Gasteiger partial charge in [-0.15, -0.1) is 0 Å². The standard InChI is InChI=1S/C9H16O4/c1-6(2)7(8(10)11)9(12)3-4-13-5-9/h6-7,12H,3-5H2,1-2H3,(H,10,11). The van der Waals surface area contributed by atoms with E-state index in [2.05, 4.69) is 0 Å². The molecular formula is C9H16O4. The van der Waals surface area contributed by atoms with Crippen molar-refractivity contribution in [1.29, 1.82) is 0 Å². The monoisotopic (exact) mass is 188 g/mol. The number of hydrogen-bond donors (Lipinski definition) is 2. The second kappa shape index (κ2) is 3.64. The number of carboxylic acid groups (broad SMARTS) is 1. The van der Waals surface area contributed by atoms with Gasteiger partial charge in [0.2, 0.25) is 0 Å². The zero-order chi connectivity index (χ0) is 10.1. The molecule has 4 nitrogen and oxygen atoms in total. The highest BCUT2D eigenvalue weighted by Gasteiger charge is 2.46. The van der Waals surface area contributed by atoms with E-state index in [0.717, 1.165) is 0 Å². The summed E-state index contributed by atoms with van der Waals surface area (Å²) < 4.78 is 5.03. The number of aliphatic hydroxyl groups is 1. The number of carbonyl (C=O) groups is 1. The van der Waals surface area contributed by atoms with E-state index < -0.39 is 17.5 Å². The van der Waals surface area contributed by atoms with Crippen molar-refractivity contribution in [2.24, 2.45) is 11.8 Å². The molecule has 2 atom stereocenters. The normalized spacial score (nSPS) is 30.8. The van der Waals surface area contributed by atoms with Crippen LogP contribution in [0.25, 0.3) is 0 Å². The first-order valence-corrected chi connectivity index (χ1v) is 4.50. The van der Waals surface area contributed by atoms with Crippen LogP contribution in [0.3, 0.4) is 0 Å². The summed E-state index contributed by atoms with van der Waals surface area (Å²) in [6.07, 6.45) is 0.419. The molecule has 1 heterocycles. The average molecular weight is 188 g/mol. The molecule has 0 aromatic rings. The quantitative estimate of drug-likeness (QED) is 0.676. The predicted molar refractivity (Wildman–Crippen MR) is 46.3 cm³/mol. The molecule has 13 heavy (non-hydrogen) atoms. The maximum atomic E-state index is 10.9. The minimum Gasteiger partial charge on any atom is -0.481 e. The fraction of sp³-hybridized carbons (Fsp3) is 0.889. The van der Waals surface area contributed by atoms with Gasteiger partial charge in [0.15, 0.2) is 0 Å². The second-order valence-electron chi connectivity index (χ2n) is 3.97. The van der Waals surface area contributed by atoms with Crippen LogP contribution in [0.4, 0.5) is 0 Å². The number of hydrogen-bond acceptors (Lipinski definition) is 3. The summed E-state index contributed by atoms with van der Waals surface area (Å²) in [5.74, 6) is -1.75. The Kier molecular flexibility index (Phi) is 2.93. The van der Waals surface area contributed by atoms with Gasteiger partial charge in [-0.3, -0.25) is 4.79 Å². The molecule has 1 aliphatic heterocycles. The van der Waals surface area contributed by atoms with Crippen molar-refractivity contribution in [3.05, 3.63) is 0 Å². The third-order valence-electron chi connectivity index (χ3n) is 2.54. The van der Waals surface area contributed by atoms with Gasteiger partial charge < -0.3 is 14.9 Å². The molecule has 1 rings (SSSR count). The van der Waals surface area contributed by atoms with Gasteiger partial charge in [0.1, 0.15) is 5.60 Å². The van der Waals surface area contributed by atoms with E-state index in [1.165, 1.54) is 0 Å². The van der Waals surface area contributed by atoms with E-state index in [9.17, 15) is 9.90 Å². The van der Waals surface area contributed by atoms with Gasteiger partial charge in [-0.2, -0.15) is 0 Å². The van der Waals surface area contributed by atoms with Crippen molar-refractivity contribution in [3.63, 3.8) is 0 Å². The average Bonchev–Trinajstić information content (AvgIpc) is 2.33. The van der Waals surface area contributed by atoms with Crippen molar-refractivity contribution in [2.75, 3.05) is 13.2 Å². The first-order valence-electron chi connectivity index (χ1n) is 4.50. The van der Waals surface area contributed by atoms with Crippen LogP contribution in [0.15, 0.2) is 0 Å². The molecular weight excluding hydrogens is 172 g/mol. The van der Waals surface area contributed by atoms with Gasteiger partial charge in [0.05, 0.1) is 12.5 Å². The fourth-order valence-corrected chi connectivity index (χ4v) is 1.95. The second-order valence-corrected chi connectivity index (χ2v) is 3.97. The molecule has 1 aliphatic rings. The fourth-order valence-electron chi connectivity index (χ4n) is 1.95. The third kappa shape index (κ3) is 2.00. The Morgan fingerprint density at radius 3 is 2.46 bits per heavy atom. The van der Waals surface area contributed by atoms with E-state index in [1.54, 1.807) is 13.8 Å². The summed E-state index contributed by atoms with van der Waals surface area (Å²) in [5.41, 5.74) is -1.17. The van der Waals surface area contributed by atoms with Gasteiger partial charge in [-0.1, -0.05) is 13.8 Å². The molecule has 1 fully saturated rings. The lowest BCUT2D eigenvalue weighted by Gasteiger charge is -2.30. The lowest BCUT2D eigenvalue weighted by atomic mass is 9.79. The van der Waals surface area contributed by atoms with Crippen molar-refractivity contribution in [3.8, 4) is 0 Å². The minimum atomic E-state index is -1.17. The SMILES string of the molecule is CC(C)C(C(=O)O)C1(O)CCOC1. The van der Waals surface area contributed by atoms with Crippen molar-refractivity contribution < 1.29 is 19.7 Å². The predicted octanol–water partition coefficient (Wildman–Crippen LogP) is 0.495. The van der Waals surface area contributed by atoms with Crippen LogP contribution in [-0.2, 0) is 9.53 Å². The summed E-state index contributed by atoms with van der Waals surface area (Å²) in [6.45, 7) is 4.19. The van der Waals surface area contributed by atoms with E-state index in [-0.39, 0.29) is 12.5 Å². The Hall–Kier alpha value is -0.610. The van der Waals surface area contributed by atoms with Crippen molar-refractivity contribution >= 4 is 5.97 Å². The van der Waals surface area contributed by atoms with E-state index >= 15 is 0 Å². The molecule has 0 amide bonds. The van der Waals surface area contributed by atoms with Crippen LogP contribution in [0.5, 0.6) is 0 Å². The highest BCUT2D eigenvalue weighted by atomic mass is 16.5. The van der Waals surface area contributed by atoms with Gasteiger partial charge in [-0.25, -0.2) is 0 Å². The first kappa shape index (κ1) is 10.5. The molecule has 76 valence electrons. The zero-order valence-corrected chi connectivity index (χ0v) is 7.99. The summed E-state index contributed by atoms with van der Waals surface area (Å²) in [6, 6.07) is 0. The molecule has 2 N–H and O–H groups in total. The summed E-state index contributed by atoms with van der Waals surface area (Å²) >= 11 is 0. The van der Waals surface area contributed by atoms with Gasteiger partial charge in [-0.05, 0) is 5.92 Å². The summed E-state index contributed by atoms with van der Waals surface area (Å²) in [7, 11) is 0. The molecule has 0 bridgehead atoms. The Balaban J connectivity index is 2.79. The number of rotatable bonds is 3. The highest BCUT2D eigenvalue weighted by molar-refractivity contribution is 5.72. The largest absolute Gasteiger partial charge is 0.481 e. The van der Waals surface area contributed by atoms with Crippen molar-refractivity contribution in [2.45, 2.75) is 25.9 Å². The van der Waals surface area contributed by atoms with Gasteiger partial charge in [0, 0.05) is 13.0 Å². The zero-order valence-electron chi connectivity index (χ0n) is 7.99.